The molecule has 0 spiro atoms. The molecule has 0 aliphatic heterocycles. The quantitative estimate of drug-likeness (QED) is 0.0899. The van der Waals surface area contributed by atoms with Crippen LogP contribution in [0.15, 0.2) is 266 Å². The number of nitrogens with zero attached hydrogens (tertiary/aromatic N) is 2. The lowest BCUT2D eigenvalue weighted by atomic mass is 10.1. The van der Waals surface area contributed by atoms with E-state index < -0.39 is 38.1 Å². The van der Waals surface area contributed by atoms with Gasteiger partial charge in [0.25, 0.3) is 10.1 Å². The van der Waals surface area contributed by atoms with Gasteiger partial charge in [-0.15, -0.1) is 0 Å². The fourth-order valence-electron chi connectivity index (χ4n) is 8.24. The first-order chi connectivity index (χ1) is 33.0. The van der Waals surface area contributed by atoms with Crippen molar-refractivity contribution in [2.75, 3.05) is 0 Å². The minimum absolute atomic E-state index is 0.580. The Morgan fingerprint density at radius 3 is 0.750 bits per heavy atom. The molecule has 0 aliphatic carbocycles. The Morgan fingerprint density at radius 2 is 0.559 bits per heavy atom. The Morgan fingerprint density at radius 1 is 0.353 bits per heavy atom. The largest absolute Gasteiger partial charge is 0.545 e. The molecule has 9 nitrogen and oxygen atoms in total. The lowest BCUT2D eigenvalue weighted by Crippen LogP contribution is -2.38. The zero-order chi connectivity index (χ0) is 47.8. The van der Waals surface area contributed by atoms with Gasteiger partial charge < -0.3 is 19.8 Å². The minimum atomic E-state index is -4.70. The number of aromatic carboxylic acids is 2. The first-order valence-electron chi connectivity index (χ1n) is 21.7. The van der Waals surface area contributed by atoms with Gasteiger partial charge in [-0.05, 0) is 102 Å². The van der Waals surface area contributed by atoms with E-state index in [-0.39, 0.29) is 0 Å². The Balaban J connectivity index is 0.000000156. The molecule has 9 aromatic rings. The second-order valence-corrected chi connectivity index (χ2v) is 17.1. The van der Waals surface area contributed by atoms with Crippen molar-refractivity contribution >= 4 is 56.2 Å². The molecule has 0 aromatic heterocycles. The smallest absolute Gasteiger partial charge is 0.294 e. The van der Waals surface area contributed by atoms with Crippen LogP contribution in [-0.2, 0) is 23.2 Å². The zero-order valence-corrected chi connectivity index (χ0v) is 37.8. The van der Waals surface area contributed by atoms with Gasteiger partial charge in [-0.25, -0.2) is 8.97 Å². The first-order valence-corrected chi connectivity index (χ1v) is 23.2. The highest BCUT2D eigenvalue weighted by molar-refractivity contribution is 7.85. The van der Waals surface area contributed by atoms with Gasteiger partial charge >= 0.3 is 0 Å². The third-order valence-electron chi connectivity index (χ3n) is 11.4. The van der Waals surface area contributed by atoms with Crippen LogP contribution in [0.3, 0.4) is 0 Å². The topological polar surface area (TPSA) is 135 Å². The molecule has 0 amide bonds. The normalized spacial score (nSPS) is 11.2. The van der Waals surface area contributed by atoms with Gasteiger partial charge in [0.2, 0.25) is 0 Å². The maximum Gasteiger partial charge on any atom is 0.294 e. The average Bonchev–Trinajstić information content (AvgIpc) is 3.39. The van der Waals surface area contributed by atoms with E-state index in [1.54, 1.807) is 0 Å². The molecule has 0 saturated heterocycles. The number of carboxylic acids is 2. The van der Waals surface area contributed by atoms with Crippen molar-refractivity contribution in [3.05, 3.63) is 283 Å². The molecule has 0 atom stereocenters. The van der Waals surface area contributed by atoms with Crippen molar-refractivity contribution in [3.8, 4) is 0 Å². The van der Waals surface area contributed by atoms with Crippen molar-refractivity contribution in [2.45, 2.75) is 18.0 Å². The number of hydrogen-bond donors (Lipinski definition) is 1. The van der Waals surface area contributed by atoms with E-state index in [1.165, 1.54) is 45.3 Å². The summed E-state index contributed by atoms with van der Waals surface area (Å²) >= 11 is 0. The summed E-state index contributed by atoms with van der Waals surface area (Å²) in [6, 6.07) is 88.0. The summed E-state index contributed by atoms with van der Waals surface area (Å²) in [5.41, 5.74) is 8.80. The second kappa shape index (κ2) is 22.3. The van der Waals surface area contributed by atoms with Gasteiger partial charge in [-0.2, -0.15) is 8.42 Å². The number of carbonyl (C=O) groups excluding carboxylic acids is 2. The number of hydrogen-bond acceptors (Lipinski definition) is 6. The van der Waals surface area contributed by atoms with Gasteiger partial charge in [0.1, 0.15) is 47.2 Å². The van der Waals surface area contributed by atoms with E-state index in [1.807, 2.05) is 0 Å². The van der Waals surface area contributed by atoms with Crippen molar-refractivity contribution in [2.24, 2.45) is 0 Å². The van der Waals surface area contributed by atoms with Crippen molar-refractivity contribution in [3.63, 3.8) is 0 Å². The molecule has 10 heteroatoms. The average molecular weight is 917 g/mol. The molecular formula is C58H48N2O7S. The fraction of sp³-hybridized carbons (Fsp3) is 0.0345. The second-order valence-electron chi connectivity index (χ2n) is 15.7. The predicted octanol–water partition coefficient (Wildman–Crippen LogP) is 11.4. The molecule has 338 valence electrons. The fourth-order valence-corrected chi connectivity index (χ4v) is 8.79. The predicted molar refractivity (Wildman–Crippen MR) is 266 cm³/mol. The van der Waals surface area contributed by atoms with Crippen molar-refractivity contribution in [1.82, 2.24) is 8.97 Å². The van der Waals surface area contributed by atoms with Gasteiger partial charge in [0.05, 0.1) is 16.8 Å². The third kappa shape index (κ3) is 11.4. The standard InChI is InChI=1S/2C25H22N.C8H6O7S/c2*1-5-13-22(14-6-1)21-26(23-15-7-2-8-16-23,24-17-9-3-10-18-24)25-19-11-4-12-20-25;9-7(10)4-1-5(8(11)12)3-6(2-4)16(13,14)15/h2*1-20H,21H2;1-3H,(H,9,10)(H,11,12)(H,13,14,15)/q2*+1;/p-2. The highest BCUT2D eigenvalue weighted by Gasteiger charge is 2.37. The van der Waals surface area contributed by atoms with Crippen LogP contribution in [0.25, 0.3) is 0 Å². The Kier molecular flexibility index (Phi) is 15.6. The highest BCUT2D eigenvalue weighted by atomic mass is 32.2. The SMILES string of the molecule is O=C([O-])c1cc(C(=O)[O-])cc(S(=O)(=O)O)c1.c1ccc(C[N+](c2ccccc2)(c2ccccc2)c2ccccc2)cc1.c1ccc(C[N+](c2ccccc2)(c2ccccc2)c2ccccc2)cc1. The number of quaternary nitrogens is 2. The first kappa shape index (κ1) is 47.7. The summed E-state index contributed by atoms with van der Waals surface area (Å²) in [6.45, 7) is 1.72. The highest BCUT2D eigenvalue weighted by Crippen LogP contribution is 2.46. The van der Waals surface area contributed by atoms with Gasteiger partial charge in [-0.3, -0.25) is 4.55 Å². The molecule has 9 rings (SSSR count). The van der Waals surface area contributed by atoms with Crippen LogP contribution in [0.2, 0.25) is 0 Å². The molecular weight excluding hydrogens is 869 g/mol. The Labute approximate surface area is 397 Å². The van der Waals surface area contributed by atoms with Crippen LogP contribution in [-0.4, -0.2) is 24.9 Å². The summed E-state index contributed by atoms with van der Waals surface area (Å²) in [5, 5.41) is 20.9. The lowest BCUT2D eigenvalue weighted by Gasteiger charge is -2.37. The number of para-hydroxylation sites is 6. The number of carboxylic acid groups (broad SMARTS) is 2. The number of rotatable bonds is 13. The van der Waals surface area contributed by atoms with Crippen molar-refractivity contribution in [1.29, 1.82) is 0 Å². The van der Waals surface area contributed by atoms with E-state index >= 15 is 0 Å². The molecule has 0 saturated carbocycles. The van der Waals surface area contributed by atoms with Crippen LogP contribution < -0.4 is 19.2 Å². The summed E-state index contributed by atoms with van der Waals surface area (Å²) in [7, 11) is -4.70. The molecule has 0 heterocycles. The van der Waals surface area contributed by atoms with Crippen LogP contribution >= 0.6 is 0 Å². The van der Waals surface area contributed by atoms with Gasteiger partial charge in [-0.1, -0.05) is 170 Å². The summed E-state index contributed by atoms with van der Waals surface area (Å²) in [6.07, 6.45) is 0. The molecule has 0 radical (unpaired) electrons. The molecule has 0 bridgehead atoms. The van der Waals surface area contributed by atoms with Crippen LogP contribution in [0.5, 0.6) is 0 Å². The van der Waals surface area contributed by atoms with Crippen LogP contribution in [0.1, 0.15) is 31.8 Å². The third-order valence-corrected chi connectivity index (χ3v) is 12.2. The molecule has 1 N–H and O–H groups in total. The van der Waals surface area contributed by atoms with Crippen molar-refractivity contribution < 1.29 is 32.8 Å². The maximum absolute atomic E-state index is 10.7. The van der Waals surface area contributed by atoms with E-state index in [9.17, 15) is 28.2 Å². The van der Waals surface area contributed by atoms with E-state index in [4.69, 9.17) is 4.55 Å². The lowest BCUT2D eigenvalue weighted by molar-refractivity contribution is -0.255. The van der Waals surface area contributed by atoms with Crippen LogP contribution in [0.4, 0.5) is 34.1 Å². The van der Waals surface area contributed by atoms with Gasteiger partial charge in [0, 0.05) is 11.1 Å². The van der Waals surface area contributed by atoms with E-state index in [2.05, 4.69) is 243 Å². The Bertz CT molecular complexity index is 2720. The number of benzene rings is 9. The molecule has 0 unspecified atom stereocenters. The zero-order valence-electron chi connectivity index (χ0n) is 36.9. The molecule has 0 aliphatic rings. The van der Waals surface area contributed by atoms with Gasteiger partial charge in [0.15, 0.2) is 0 Å². The summed E-state index contributed by atoms with van der Waals surface area (Å²) in [4.78, 5) is 20.1. The minimum Gasteiger partial charge on any atom is -0.545 e. The molecule has 0 fully saturated rings. The van der Waals surface area contributed by atoms with E-state index in [0.717, 1.165) is 13.1 Å². The maximum atomic E-state index is 10.7. The monoisotopic (exact) mass is 916 g/mol. The summed E-state index contributed by atoms with van der Waals surface area (Å²) < 4.78 is 31.4. The summed E-state index contributed by atoms with van der Waals surface area (Å²) in [5.74, 6) is -3.54. The Hall–Kier alpha value is -8.25. The molecule has 9 aromatic carbocycles. The number of carbonyl (C=O) groups is 2. The van der Waals surface area contributed by atoms with Crippen LogP contribution in [0, 0.1) is 0 Å². The van der Waals surface area contributed by atoms with E-state index in [0.29, 0.717) is 27.2 Å². The molecule has 68 heavy (non-hydrogen) atoms.